The van der Waals surface area contributed by atoms with Crippen molar-refractivity contribution < 1.29 is 9.59 Å². The first-order valence-corrected chi connectivity index (χ1v) is 6.80. The second-order valence-corrected chi connectivity index (χ2v) is 4.46. The van der Waals surface area contributed by atoms with Gasteiger partial charge in [0.2, 0.25) is 11.8 Å². The molecule has 0 bridgehead atoms. The maximum absolute atomic E-state index is 12.0. The van der Waals surface area contributed by atoms with Gasteiger partial charge in [-0.15, -0.1) is 0 Å². The van der Waals surface area contributed by atoms with Crippen LogP contribution >= 0.6 is 0 Å². The highest BCUT2D eigenvalue weighted by atomic mass is 16.2. The van der Waals surface area contributed by atoms with E-state index < -0.39 is 6.04 Å². The molecule has 0 aromatic carbocycles. The maximum Gasteiger partial charge on any atom is 0.244 e. The molecule has 0 aromatic rings. The molecule has 0 fully saturated rings. The first-order valence-electron chi connectivity index (χ1n) is 6.80. The normalized spacial score (nSPS) is 13.8. The zero-order chi connectivity index (χ0) is 14.1. The Morgan fingerprint density at radius 2 is 1.78 bits per heavy atom. The van der Waals surface area contributed by atoms with Crippen molar-refractivity contribution in [3.8, 4) is 0 Å². The molecule has 5 nitrogen and oxygen atoms in total. The Morgan fingerprint density at radius 3 is 2.17 bits per heavy atom. The molecule has 0 saturated heterocycles. The predicted molar refractivity (Wildman–Crippen MR) is 73.0 cm³/mol. The third kappa shape index (κ3) is 5.04. The molecule has 106 valence electrons. The van der Waals surface area contributed by atoms with Crippen LogP contribution in [0.5, 0.6) is 0 Å². The van der Waals surface area contributed by atoms with Crippen LogP contribution in [0.3, 0.4) is 0 Å². The van der Waals surface area contributed by atoms with Crippen molar-refractivity contribution in [3.63, 3.8) is 0 Å². The lowest BCUT2D eigenvalue weighted by atomic mass is 10.0. The van der Waals surface area contributed by atoms with Gasteiger partial charge in [-0.3, -0.25) is 9.59 Å². The number of hydrogen-bond donors (Lipinski definition) is 2. The van der Waals surface area contributed by atoms with Gasteiger partial charge in [0.25, 0.3) is 0 Å². The van der Waals surface area contributed by atoms with E-state index in [9.17, 15) is 9.59 Å². The van der Waals surface area contributed by atoms with Gasteiger partial charge in [0.05, 0.1) is 5.92 Å². The number of carbonyl (C=O) groups is 2. The number of likely N-dealkylation sites (N-methyl/N-ethyl adjacent to an activating group) is 1. The van der Waals surface area contributed by atoms with Gasteiger partial charge in [-0.05, 0) is 27.2 Å². The minimum Gasteiger partial charge on any atom is -0.344 e. The number of nitrogens with zero attached hydrogens (tertiary/aromatic N) is 1. The van der Waals surface area contributed by atoms with E-state index in [4.69, 9.17) is 5.73 Å². The van der Waals surface area contributed by atoms with Crippen LogP contribution in [0.25, 0.3) is 0 Å². The molecule has 5 heteroatoms. The maximum atomic E-state index is 12.0. The van der Waals surface area contributed by atoms with E-state index in [2.05, 4.69) is 5.32 Å². The van der Waals surface area contributed by atoms with Crippen molar-refractivity contribution in [2.24, 2.45) is 11.7 Å². The summed E-state index contributed by atoms with van der Waals surface area (Å²) in [7, 11) is 0. The van der Waals surface area contributed by atoms with Gasteiger partial charge in [0.15, 0.2) is 0 Å². The summed E-state index contributed by atoms with van der Waals surface area (Å²) in [6.07, 6.45) is 1.67. The summed E-state index contributed by atoms with van der Waals surface area (Å²) in [5.74, 6) is -0.352. The second-order valence-electron chi connectivity index (χ2n) is 4.46. The molecule has 0 radical (unpaired) electrons. The average molecular weight is 257 g/mol. The SMILES string of the molecule is CCCC(CN)C(=O)NC(C)C(=O)N(CC)CC. The molecule has 0 aromatic heterocycles. The molecule has 0 saturated carbocycles. The van der Waals surface area contributed by atoms with Crippen LogP contribution in [-0.4, -0.2) is 42.4 Å². The summed E-state index contributed by atoms with van der Waals surface area (Å²) in [5, 5.41) is 2.75. The summed E-state index contributed by atoms with van der Waals surface area (Å²) in [6, 6.07) is -0.483. The molecule has 0 rings (SSSR count). The third-order valence-electron chi connectivity index (χ3n) is 3.10. The summed E-state index contributed by atoms with van der Waals surface area (Å²) >= 11 is 0. The van der Waals surface area contributed by atoms with Crippen LogP contribution < -0.4 is 11.1 Å². The standard InChI is InChI=1S/C13H27N3O2/c1-5-8-11(9-14)12(17)15-10(4)13(18)16(6-2)7-3/h10-11H,5-9,14H2,1-4H3,(H,15,17). The Hall–Kier alpha value is -1.10. The molecular formula is C13H27N3O2. The van der Waals surface area contributed by atoms with E-state index in [1.54, 1.807) is 11.8 Å². The lowest BCUT2D eigenvalue weighted by Gasteiger charge is -2.24. The Bertz CT molecular complexity index is 265. The Morgan fingerprint density at radius 1 is 1.22 bits per heavy atom. The molecule has 3 N–H and O–H groups in total. The topological polar surface area (TPSA) is 75.4 Å². The first-order chi connectivity index (χ1) is 8.51. The highest BCUT2D eigenvalue weighted by Gasteiger charge is 2.23. The number of hydrogen-bond acceptors (Lipinski definition) is 3. The fraction of sp³-hybridized carbons (Fsp3) is 0.846. The molecular weight excluding hydrogens is 230 g/mol. The van der Waals surface area contributed by atoms with Crippen LogP contribution in [0.4, 0.5) is 0 Å². The highest BCUT2D eigenvalue weighted by molar-refractivity contribution is 5.88. The number of nitrogens with one attached hydrogen (secondary N) is 1. The molecule has 0 spiro atoms. The summed E-state index contributed by atoms with van der Waals surface area (Å²) < 4.78 is 0. The summed E-state index contributed by atoms with van der Waals surface area (Å²) in [6.45, 7) is 9.23. The van der Waals surface area contributed by atoms with Gasteiger partial charge in [-0.1, -0.05) is 13.3 Å². The lowest BCUT2D eigenvalue weighted by Crippen LogP contribution is -2.49. The van der Waals surface area contributed by atoms with Crippen molar-refractivity contribution >= 4 is 11.8 Å². The first kappa shape index (κ1) is 16.9. The quantitative estimate of drug-likeness (QED) is 0.673. The number of carbonyl (C=O) groups excluding carboxylic acids is 2. The van der Waals surface area contributed by atoms with Gasteiger partial charge < -0.3 is 16.0 Å². The monoisotopic (exact) mass is 257 g/mol. The Balaban J connectivity index is 4.41. The van der Waals surface area contributed by atoms with Crippen LogP contribution in [0.15, 0.2) is 0 Å². The van der Waals surface area contributed by atoms with Crippen molar-refractivity contribution in [3.05, 3.63) is 0 Å². The predicted octanol–water partition coefficient (Wildman–Crippen LogP) is 0.735. The van der Waals surface area contributed by atoms with Crippen LogP contribution in [0, 0.1) is 5.92 Å². The van der Waals surface area contributed by atoms with Crippen molar-refractivity contribution in [1.29, 1.82) is 0 Å². The Kier molecular flexibility index (Phi) is 8.37. The largest absolute Gasteiger partial charge is 0.344 e. The van der Waals surface area contributed by atoms with Crippen molar-refractivity contribution in [2.45, 2.75) is 46.6 Å². The molecule has 0 aliphatic heterocycles. The van der Waals surface area contributed by atoms with Crippen molar-refractivity contribution in [2.75, 3.05) is 19.6 Å². The minimum absolute atomic E-state index is 0.0411. The van der Waals surface area contributed by atoms with E-state index in [1.807, 2.05) is 20.8 Å². The number of nitrogens with two attached hydrogens (primary N) is 1. The molecule has 0 heterocycles. The van der Waals surface area contributed by atoms with Gasteiger partial charge in [0, 0.05) is 19.6 Å². The van der Waals surface area contributed by atoms with Crippen LogP contribution in [0.1, 0.15) is 40.5 Å². The number of amides is 2. The zero-order valence-corrected chi connectivity index (χ0v) is 12.0. The highest BCUT2D eigenvalue weighted by Crippen LogP contribution is 2.05. The number of rotatable bonds is 8. The minimum atomic E-state index is -0.483. The molecule has 0 aliphatic carbocycles. The van der Waals surface area contributed by atoms with E-state index in [-0.39, 0.29) is 17.7 Å². The van der Waals surface area contributed by atoms with E-state index in [0.717, 1.165) is 12.8 Å². The second kappa shape index (κ2) is 8.91. The molecule has 2 atom stereocenters. The molecule has 2 unspecified atom stereocenters. The van der Waals surface area contributed by atoms with Gasteiger partial charge >= 0.3 is 0 Å². The smallest absolute Gasteiger partial charge is 0.244 e. The lowest BCUT2D eigenvalue weighted by molar-refractivity contribution is -0.136. The fourth-order valence-corrected chi connectivity index (χ4v) is 1.91. The van der Waals surface area contributed by atoms with E-state index in [1.165, 1.54) is 0 Å². The third-order valence-corrected chi connectivity index (χ3v) is 3.10. The molecule has 18 heavy (non-hydrogen) atoms. The zero-order valence-electron chi connectivity index (χ0n) is 12.0. The van der Waals surface area contributed by atoms with Gasteiger partial charge in [-0.2, -0.15) is 0 Å². The summed E-state index contributed by atoms with van der Waals surface area (Å²) in [4.78, 5) is 25.6. The average Bonchev–Trinajstić information content (AvgIpc) is 2.36. The van der Waals surface area contributed by atoms with Gasteiger partial charge in [0.1, 0.15) is 6.04 Å². The van der Waals surface area contributed by atoms with Crippen molar-refractivity contribution in [1.82, 2.24) is 10.2 Å². The summed E-state index contributed by atoms with van der Waals surface area (Å²) in [5.41, 5.74) is 5.57. The van der Waals surface area contributed by atoms with E-state index >= 15 is 0 Å². The molecule has 2 amide bonds. The Labute approximate surface area is 110 Å². The fourth-order valence-electron chi connectivity index (χ4n) is 1.91. The van der Waals surface area contributed by atoms with Crippen LogP contribution in [0.2, 0.25) is 0 Å². The van der Waals surface area contributed by atoms with Gasteiger partial charge in [-0.25, -0.2) is 0 Å². The van der Waals surface area contributed by atoms with Crippen LogP contribution in [-0.2, 0) is 9.59 Å². The molecule has 0 aliphatic rings. The van der Waals surface area contributed by atoms with E-state index in [0.29, 0.717) is 19.6 Å².